The smallest absolute Gasteiger partial charge is 0.0453 e. The lowest BCUT2D eigenvalue weighted by Crippen LogP contribution is -1.80. The highest BCUT2D eigenvalue weighted by atomic mass is 15.1. The van der Waals surface area contributed by atoms with Crippen molar-refractivity contribution >= 4 is 48.8 Å². The molecule has 3 nitrogen and oxygen atoms in total. The van der Waals surface area contributed by atoms with Crippen LogP contribution in [0.1, 0.15) is 0 Å². The minimum Gasteiger partial charge on any atom is -0.0616 e. The number of benzene rings is 5. The van der Waals surface area contributed by atoms with Crippen LogP contribution in [0.2, 0.25) is 0 Å². The molecule has 5 aromatic carbocycles. The lowest BCUT2D eigenvalue weighted by atomic mass is 9.97. The summed E-state index contributed by atoms with van der Waals surface area (Å²) in [5.74, 6) is 0. The lowest BCUT2D eigenvalue weighted by Gasteiger charge is -2.08. The molecular formula is C22H13N3. The Kier molecular flexibility index (Phi) is 2.90. The lowest BCUT2D eigenvalue weighted by molar-refractivity contribution is 1.52. The first-order chi connectivity index (χ1) is 12.3. The van der Waals surface area contributed by atoms with Gasteiger partial charge in [0.2, 0.25) is 0 Å². The molecule has 0 saturated carbocycles. The Labute approximate surface area is 143 Å². The van der Waals surface area contributed by atoms with Gasteiger partial charge >= 0.3 is 0 Å². The van der Waals surface area contributed by atoms with E-state index in [2.05, 4.69) is 76.8 Å². The van der Waals surface area contributed by atoms with E-state index in [4.69, 9.17) is 5.53 Å². The minimum atomic E-state index is 0.667. The summed E-state index contributed by atoms with van der Waals surface area (Å²) in [6.07, 6.45) is 0. The van der Waals surface area contributed by atoms with Crippen molar-refractivity contribution in [3.8, 4) is 0 Å². The molecule has 116 valence electrons. The normalized spacial score (nSPS) is 11.2. The number of hydrogen-bond donors (Lipinski definition) is 0. The van der Waals surface area contributed by atoms with Crippen LogP contribution in [0.15, 0.2) is 84.0 Å². The third-order valence-corrected chi connectivity index (χ3v) is 4.79. The highest BCUT2D eigenvalue weighted by Crippen LogP contribution is 2.33. The average Bonchev–Trinajstić information content (AvgIpc) is 2.64. The van der Waals surface area contributed by atoms with Gasteiger partial charge in [-0.3, -0.25) is 0 Å². The van der Waals surface area contributed by atoms with Gasteiger partial charge in [0.05, 0.1) is 0 Å². The molecule has 0 atom stereocenters. The molecule has 0 heterocycles. The molecule has 0 aliphatic carbocycles. The van der Waals surface area contributed by atoms with Gasteiger partial charge in [0, 0.05) is 10.6 Å². The summed E-state index contributed by atoms with van der Waals surface area (Å²) in [6.45, 7) is 0. The molecule has 25 heavy (non-hydrogen) atoms. The monoisotopic (exact) mass is 319 g/mol. The van der Waals surface area contributed by atoms with Gasteiger partial charge in [-0.2, -0.15) is 0 Å². The SMILES string of the molecule is [N-]=[N+]=Nc1cccc2cc3cc4cc5ccccc5cc4cc3cc12. The molecule has 0 radical (unpaired) electrons. The zero-order chi connectivity index (χ0) is 16.8. The van der Waals surface area contributed by atoms with Crippen LogP contribution in [0.25, 0.3) is 53.5 Å². The summed E-state index contributed by atoms with van der Waals surface area (Å²) in [5.41, 5.74) is 9.46. The standard InChI is InChI=1S/C22H13N3/c23-25-24-22-7-3-6-16-10-19-11-17-8-14-4-1-2-5-15(14)9-18(17)12-20(19)13-21(16)22/h1-13H. The Bertz CT molecular complexity index is 1350. The van der Waals surface area contributed by atoms with Gasteiger partial charge in [0.25, 0.3) is 0 Å². The highest BCUT2D eigenvalue weighted by Gasteiger charge is 2.05. The van der Waals surface area contributed by atoms with Crippen LogP contribution < -0.4 is 0 Å². The second-order valence-corrected chi connectivity index (χ2v) is 6.29. The maximum atomic E-state index is 8.79. The molecule has 5 rings (SSSR count). The maximum absolute atomic E-state index is 8.79. The summed E-state index contributed by atoms with van der Waals surface area (Å²) in [4.78, 5) is 2.95. The van der Waals surface area contributed by atoms with Crippen molar-refractivity contribution in [1.82, 2.24) is 0 Å². The van der Waals surface area contributed by atoms with E-state index in [9.17, 15) is 0 Å². The van der Waals surface area contributed by atoms with Gasteiger partial charge in [-0.25, -0.2) is 0 Å². The zero-order valence-electron chi connectivity index (χ0n) is 13.3. The highest BCUT2D eigenvalue weighted by molar-refractivity contribution is 6.09. The van der Waals surface area contributed by atoms with E-state index in [1.54, 1.807) is 0 Å². The fraction of sp³-hybridized carbons (Fsp3) is 0. The Morgan fingerprint density at radius 3 is 1.72 bits per heavy atom. The number of azide groups is 1. The summed E-state index contributed by atoms with van der Waals surface area (Å²) < 4.78 is 0. The van der Waals surface area contributed by atoms with E-state index < -0.39 is 0 Å². The fourth-order valence-corrected chi connectivity index (χ4v) is 3.59. The zero-order valence-corrected chi connectivity index (χ0v) is 13.3. The molecule has 0 saturated heterocycles. The Morgan fingerprint density at radius 1 is 0.560 bits per heavy atom. The van der Waals surface area contributed by atoms with E-state index in [1.807, 2.05) is 12.1 Å². The summed E-state index contributed by atoms with van der Waals surface area (Å²) in [5, 5.41) is 13.2. The van der Waals surface area contributed by atoms with Crippen molar-refractivity contribution in [2.45, 2.75) is 0 Å². The van der Waals surface area contributed by atoms with Crippen LogP contribution in [-0.2, 0) is 0 Å². The van der Waals surface area contributed by atoms with E-state index in [0.29, 0.717) is 5.69 Å². The molecule has 5 aromatic rings. The Balaban J connectivity index is 1.89. The summed E-state index contributed by atoms with van der Waals surface area (Å²) in [6, 6.07) is 27.4. The molecule has 0 fully saturated rings. The summed E-state index contributed by atoms with van der Waals surface area (Å²) >= 11 is 0. The first-order valence-corrected chi connectivity index (χ1v) is 8.16. The second kappa shape index (κ2) is 5.23. The first kappa shape index (κ1) is 13.8. The third kappa shape index (κ3) is 2.18. The first-order valence-electron chi connectivity index (χ1n) is 8.16. The van der Waals surface area contributed by atoms with Crippen molar-refractivity contribution in [3.05, 3.63) is 89.3 Å². The predicted molar refractivity (Wildman–Crippen MR) is 105 cm³/mol. The van der Waals surface area contributed by atoms with Gasteiger partial charge in [0.15, 0.2) is 0 Å². The molecule has 3 heteroatoms. The van der Waals surface area contributed by atoms with Crippen LogP contribution in [0.5, 0.6) is 0 Å². The van der Waals surface area contributed by atoms with Crippen molar-refractivity contribution in [2.24, 2.45) is 5.11 Å². The van der Waals surface area contributed by atoms with Crippen molar-refractivity contribution in [2.75, 3.05) is 0 Å². The van der Waals surface area contributed by atoms with E-state index in [0.717, 1.165) is 16.2 Å². The van der Waals surface area contributed by atoms with Gasteiger partial charge in [-0.1, -0.05) is 47.6 Å². The topological polar surface area (TPSA) is 48.8 Å². The van der Waals surface area contributed by atoms with Crippen LogP contribution in [0.3, 0.4) is 0 Å². The Morgan fingerprint density at radius 2 is 1.08 bits per heavy atom. The Hall–Kier alpha value is -3.55. The van der Waals surface area contributed by atoms with Crippen molar-refractivity contribution < 1.29 is 0 Å². The quantitative estimate of drug-likeness (QED) is 0.135. The fourth-order valence-electron chi connectivity index (χ4n) is 3.59. The molecule has 0 unspecified atom stereocenters. The van der Waals surface area contributed by atoms with Crippen LogP contribution in [0, 0.1) is 0 Å². The molecule has 0 bridgehead atoms. The largest absolute Gasteiger partial charge is 0.0616 e. The predicted octanol–water partition coefficient (Wildman–Crippen LogP) is 7.24. The molecule has 0 spiro atoms. The van der Waals surface area contributed by atoms with Crippen LogP contribution in [-0.4, -0.2) is 0 Å². The third-order valence-electron chi connectivity index (χ3n) is 4.79. The molecule has 0 amide bonds. The molecule has 0 aromatic heterocycles. The van der Waals surface area contributed by atoms with Gasteiger partial charge in [0.1, 0.15) is 0 Å². The van der Waals surface area contributed by atoms with E-state index >= 15 is 0 Å². The average molecular weight is 319 g/mol. The van der Waals surface area contributed by atoms with Gasteiger partial charge in [-0.15, -0.1) is 0 Å². The number of fused-ring (bicyclic) bond motifs is 4. The van der Waals surface area contributed by atoms with Crippen LogP contribution >= 0.6 is 0 Å². The van der Waals surface area contributed by atoms with E-state index in [1.165, 1.54) is 26.9 Å². The number of nitrogens with zero attached hydrogens (tertiary/aromatic N) is 3. The van der Waals surface area contributed by atoms with Gasteiger partial charge < -0.3 is 0 Å². The maximum Gasteiger partial charge on any atom is 0.0453 e. The van der Waals surface area contributed by atoms with E-state index in [-0.39, 0.29) is 0 Å². The van der Waals surface area contributed by atoms with Crippen molar-refractivity contribution in [3.63, 3.8) is 0 Å². The second-order valence-electron chi connectivity index (χ2n) is 6.29. The summed E-state index contributed by atoms with van der Waals surface area (Å²) in [7, 11) is 0. The molecule has 0 N–H and O–H groups in total. The number of rotatable bonds is 1. The molecule has 0 aliphatic rings. The van der Waals surface area contributed by atoms with Gasteiger partial charge in [-0.05, 0) is 85.0 Å². The molecular weight excluding hydrogens is 306 g/mol. The van der Waals surface area contributed by atoms with Crippen LogP contribution in [0.4, 0.5) is 5.69 Å². The van der Waals surface area contributed by atoms with Crippen molar-refractivity contribution in [1.29, 1.82) is 0 Å². The number of hydrogen-bond acceptors (Lipinski definition) is 1. The molecule has 0 aliphatic heterocycles. The minimum absolute atomic E-state index is 0.667.